The third-order valence-electron chi connectivity index (χ3n) is 1.58. The fourth-order valence-corrected chi connectivity index (χ4v) is 1.99. The van der Waals surface area contributed by atoms with Crippen molar-refractivity contribution in [1.82, 2.24) is 10.2 Å². The molecule has 0 fully saturated rings. The van der Waals surface area contributed by atoms with Gasteiger partial charge in [0.1, 0.15) is 9.52 Å². The zero-order chi connectivity index (χ0) is 8.72. The monoisotopic (exact) mass is 340 g/mol. The van der Waals surface area contributed by atoms with Gasteiger partial charge in [0.25, 0.3) is 0 Å². The number of rotatable bonds is 0. The van der Waals surface area contributed by atoms with E-state index in [0.717, 1.165) is 5.52 Å². The Hall–Kier alpha value is -0.170. The summed E-state index contributed by atoms with van der Waals surface area (Å²) in [5.74, 6) is -0.259. The van der Waals surface area contributed by atoms with Gasteiger partial charge in [-0.1, -0.05) is 0 Å². The van der Waals surface area contributed by atoms with Crippen LogP contribution in [0.2, 0.25) is 0 Å². The van der Waals surface area contributed by atoms with E-state index in [9.17, 15) is 4.39 Å². The first-order chi connectivity index (χ1) is 5.70. The van der Waals surface area contributed by atoms with Crippen molar-refractivity contribution >= 4 is 49.4 Å². The number of nitrogens with one attached hydrogen (secondary N) is 1. The zero-order valence-electron chi connectivity index (χ0n) is 5.74. The third kappa shape index (κ3) is 1.15. The second-order valence-electron chi connectivity index (χ2n) is 2.30. The van der Waals surface area contributed by atoms with E-state index in [1.54, 1.807) is 12.1 Å². The van der Waals surface area contributed by atoms with Crippen LogP contribution < -0.4 is 0 Å². The van der Waals surface area contributed by atoms with E-state index < -0.39 is 0 Å². The smallest absolute Gasteiger partial charge is 0.149 e. The van der Waals surface area contributed by atoms with Crippen LogP contribution in [0.4, 0.5) is 4.39 Å². The second kappa shape index (κ2) is 2.95. The minimum absolute atomic E-state index is 0.259. The highest BCUT2D eigenvalue weighted by Gasteiger charge is 2.10. The maximum absolute atomic E-state index is 13.4. The van der Waals surface area contributed by atoms with Gasteiger partial charge >= 0.3 is 0 Å². The molecule has 1 aromatic heterocycles. The number of fused-ring (bicyclic) bond motifs is 1. The average Bonchev–Trinajstić information content (AvgIpc) is 2.41. The van der Waals surface area contributed by atoms with Gasteiger partial charge in [0.2, 0.25) is 0 Å². The fourth-order valence-electron chi connectivity index (χ4n) is 1.01. The van der Waals surface area contributed by atoms with E-state index in [1.165, 1.54) is 0 Å². The van der Waals surface area contributed by atoms with E-state index in [-0.39, 0.29) is 5.82 Å². The number of hydrogen-bond acceptors (Lipinski definition) is 1. The molecule has 0 aliphatic rings. The maximum atomic E-state index is 13.4. The van der Waals surface area contributed by atoms with E-state index in [2.05, 4.69) is 26.1 Å². The van der Waals surface area contributed by atoms with Gasteiger partial charge in [0.15, 0.2) is 0 Å². The molecule has 62 valence electrons. The largest absolute Gasteiger partial charge is 0.277 e. The van der Waals surface area contributed by atoms with Gasteiger partial charge in [-0.05, 0) is 50.7 Å². The van der Waals surface area contributed by atoms with Gasteiger partial charge in [0.05, 0.1) is 15.4 Å². The molecular formula is C7H3BrFIN2. The van der Waals surface area contributed by atoms with Crippen molar-refractivity contribution in [3.63, 3.8) is 0 Å². The van der Waals surface area contributed by atoms with Crippen molar-refractivity contribution in [2.45, 2.75) is 0 Å². The molecule has 2 rings (SSSR count). The first-order valence-corrected chi connectivity index (χ1v) is 5.05. The minimum atomic E-state index is -0.259. The van der Waals surface area contributed by atoms with Gasteiger partial charge in [-0.25, -0.2) is 4.39 Å². The van der Waals surface area contributed by atoms with Crippen molar-refractivity contribution in [2.75, 3.05) is 0 Å². The molecule has 0 bridgehead atoms. The average molecular weight is 341 g/mol. The molecule has 1 heterocycles. The zero-order valence-corrected chi connectivity index (χ0v) is 9.48. The van der Waals surface area contributed by atoms with Crippen LogP contribution in [0.3, 0.4) is 0 Å². The number of hydrogen-bond donors (Lipinski definition) is 1. The summed E-state index contributed by atoms with van der Waals surface area (Å²) in [6.07, 6.45) is 0. The summed E-state index contributed by atoms with van der Waals surface area (Å²) in [6, 6.07) is 3.45. The maximum Gasteiger partial charge on any atom is 0.149 e. The molecule has 0 atom stereocenters. The molecule has 5 heteroatoms. The van der Waals surface area contributed by atoms with Crippen molar-refractivity contribution in [2.24, 2.45) is 0 Å². The molecule has 0 saturated heterocycles. The summed E-state index contributed by atoms with van der Waals surface area (Å²) in [5.41, 5.74) is 0.722. The Labute approximate surface area is 89.8 Å². The van der Waals surface area contributed by atoms with Gasteiger partial charge in [-0.2, -0.15) is 5.10 Å². The number of benzene rings is 1. The Morgan fingerprint density at radius 1 is 1.50 bits per heavy atom. The fraction of sp³-hybridized carbons (Fsp3) is 0. The van der Waals surface area contributed by atoms with Crippen LogP contribution in [0.1, 0.15) is 0 Å². The van der Waals surface area contributed by atoms with Gasteiger partial charge < -0.3 is 0 Å². The minimum Gasteiger partial charge on any atom is -0.277 e. The molecule has 0 saturated carbocycles. The number of halogens is 3. The first-order valence-electron chi connectivity index (χ1n) is 3.17. The molecule has 1 aromatic carbocycles. The molecule has 2 nitrogen and oxygen atoms in total. The Morgan fingerprint density at radius 3 is 3.00 bits per heavy atom. The first kappa shape index (κ1) is 8.43. The van der Waals surface area contributed by atoms with Gasteiger partial charge in [-0.15, -0.1) is 0 Å². The van der Waals surface area contributed by atoms with Crippen LogP contribution in [-0.2, 0) is 0 Å². The summed E-state index contributed by atoms with van der Waals surface area (Å²) in [7, 11) is 0. The third-order valence-corrected chi connectivity index (χ3v) is 2.97. The summed E-state index contributed by atoms with van der Waals surface area (Å²) in [6.45, 7) is 0. The van der Waals surface area contributed by atoms with E-state index in [4.69, 9.17) is 0 Å². The summed E-state index contributed by atoms with van der Waals surface area (Å²) < 4.78 is 14.5. The number of aromatic nitrogens is 2. The highest BCUT2D eigenvalue weighted by atomic mass is 127. The van der Waals surface area contributed by atoms with Crippen LogP contribution in [0.15, 0.2) is 16.6 Å². The van der Waals surface area contributed by atoms with Crippen molar-refractivity contribution in [3.05, 3.63) is 26.1 Å². The Balaban J connectivity index is 2.96. The lowest BCUT2D eigenvalue weighted by molar-refractivity contribution is 0.633. The van der Waals surface area contributed by atoms with Crippen molar-refractivity contribution in [1.29, 1.82) is 0 Å². The molecule has 0 aliphatic carbocycles. The summed E-state index contributed by atoms with van der Waals surface area (Å²) in [5, 5.41) is 7.18. The van der Waals surface area contributed by atoms with E-state index >= 15 is 0 Å². The number of aromatic amines is 1. The normalized spacial score (nSPS) is 10.9. The molecule has 0 aliphatic heterocycles. The standard InChI is InChI=1S/C7H3BrFIN2/c8-3-1-2-4-5(6(3)9)7(10)12-11-4/h1-2H,(H,11,12). The molecule has 0 radical (unpaired) electrons. The van der Waals surface area contributed by atoms with Gasteiger partial charge in [-0.3, -0.25) is 5.10 Å². The van der Waals surface area contributed by atoms with Crippen molar-refractivity contribution in [3.8, 4) is 0 Å². The molecular weight excluding hydrogens is 338 g/mol. The molecule has 0 unspecified atom stereocenters. The number of H-pyrrole nitrogens is 1. The lowest BCUT2D eigenvalue weighted by Crippen LogP contribution is -1.79. The van der Waals surface area contributed by atoms with Gasteiger partial charge in [0, 0.05) is 0 Å². The lowest BCUT2D eigenvalue weighted by atomic mass is 10.2. The second-order valence-corrected chi connectivity index (χ2v) is 4.17. The summed E-state index contributed by atoms with van der Waals surface area (Å²) in [4.78, 5) is 0. The van der Waals surface area contributed by atoms with Crippen LogP contribution in [0.25, 0.3) is 10.9 Å². The van der Waals surface area contributed by atoms with Crippen LogP contribution >= 0.6 is 38.5 Å². The molecule has 12 heavy (non-hydrogen) atoms. The Morgan fingerprint density at radius 2 is 2.25 bits per heavy atom. The van der Waals surface area contributed by atoms with Crippen LogP contribution in [0.5, 0.6) is 0 Å². The quantitative estimate of drug-likeness (QED) is 0.734. The predicted octanol–water partition coefficient (Wildman–Crippen LogP) is 3.07. The highest BCUT2D eigenvalue weighted by molar-refractivity contribution is 14.1. The summed E-state index contributed by atoms with van der Waals surface area (Å²) >= 11 is 5.11. The molecule has 2 aromatic rings. The highest BCUT2D eigenvalue weighted by Crippen LogP contribution is 2.26. The van der Waals surface area contributed by atoms with Crippen molar-refractivity contribution < 1.29 is 4.39 Å². The molecule has 0 amide bonds. The van der Waals surface area contributed by atoms with E-state index in [1.807, 2.05) is 22.6 Å². The topological polar surface area (TPSA) is 28.7 Å². The molecule has 0 spiro atoms. The Kier molecular flexibility index (Phi) is 2.07. The van der Waals surface area contributed by atoms with Crippen LogP contribution in [0, 0.1) is 9.52 Å². The predicted molar refractivity (Wildman–Crippen MR) is 56.5 cm³/mol. The lowest BCUT2D eigenvalue weighted by Gasteiger charge is -1.94. The van der Waals surface area contributed by atoms with E-state index in [0.29, 0.717) is 13.6 Å². The van der Waals surface area contributed by atoms with Crippen LogP contribution in [-0.4, -0.2) is 10.2 Å². The number of nitrogens with zero attached hydrogens (tertiary/aromatic N) is 1. The molecule has 1 N–H and O–H groups in total. The Bertz CT molecular complexity index is 440. The SMILES string of the molecule is Fc1c(Br)ccc2[nH]nc(I)c12.